The van der Waals surface area contributed by atoms with Gasteiger partial charge < -0.3 is 16.0 Å². The van der Waals surface area contributed by atoms with Gasteiger partial charge in [0.2, 0.25) is 10.9 Å². The summed E-state index contributed by atoms with van der Waals surface area (Å²) >= 11 is 0. The Balaban J connectivity index is 1.84. The molecule has 0 radical (unpaired) electrons. The quantitative estimate of drug-likeness (QED) is 0.208. The van der Waals surface area contributed by atoms with Crippen LogP contribution in [0.1, 0.15) is 6.42 Å². The van der Waals surface area contributed by atoms with E-state index >= 15 is 0 Å². The lowest BCUT2D eigenvalue weighted by molar-refractivity contribution is -0.897. The van der Waals surface area contributed by atoms with Crippen LogP contribution < -0.4 is 43.2 Å². The lowest BCUT2D eigenvalue weighted by atomic mass is 10.0. The fourth-order valence-corrected chi connectivity index (χ4v) is 4.40. The maximum absolute atomic E-state index is 13.5. The summed E-state index contributed by atoms with van der Waals surface area (Å²) in [5.74, 6) is 0. The topological polar surface area (TPSA) is 152 Å². The second kappa shape index (κ2) is 9.13. The first-order chi connectivity index (χ1) is 15.5. The molecule has 1 aliphatic heterocycles. The van der Waals surface area contributed by atoms with E-state index in [2.05, 4.69) is 10.2 Å². The SMILES string of the molecule is CO[NH2+]N(CCCN1CCNCC1)c1c(N)c(=O)c2c(=N)c3ccccc3c(=N)c=2c1=O. The van der Waals surface area contributed by atoms with Crippen molar-refractivity contribution in [2.75, 3.05) is 57.1 Å². The van der Waals surface area contributed by atoms with E-state index in [4.69, 9.17) is 21.4 Å². The Morgan fingerprint density at radius 3 is 2.28 bits per heavy atom. The highest BCUT2D eigenvalue weighted by molar-refractivity contribution is 5.82. The number of benzene rings is 1. The summed E-state index contributed by atoms with van der Waals surface area (Å²) in [5.41, 5.74) is 6.20. The van der Waals surface area contributed by atoms with Crippen molar-refractivity contribution >= 4 is 22.1 Å². The molecule has 10 heteroatoms. The van der Waals surface area contributed by atoms with Gasteiger partial charge in [-0.05, 0) is 6.42 Å². The van der Waals surface area contributed by atoms with Crippen molar-refractivity contribution in [1.29, 1.82) is 10.8 Å². The van der Waals surface area contributed by atoms with Crippen molar-refractivity contribution in [2.24, 2.45) is 0 Å². The van der Waals surface area contributed by atoms with Gasteiger partial charge in [-0.1, -0.05) is 24.3 Å². The van der Waals surface area contributed by atoms with Gasteiger partial charge in [-0.2, -0.15) is 9.85 Å². The van der Waals surface area contributed by atoms with Crippen LogP contribution in [0.4, 0.5) is 11.4 Å². The summed E-state index contributed by atoms with van der Waals surface area (Å²) in [6.45, 7) is 5.09. The highest BCUT2D eigenvalue weighted by Gasteiger charge is 2.24. The zero-order valence-corrected chi connectivity index (χ0v) is 18.0. The second-order valence-corrected chi connectivity index (χ2v) is 7.95. The van der Waals surface area contributed by atoms with E-state index in [9.17, 15) is 9.59 Å². The largest absolute Gasteiger partial charge is 0.394 e. The van der Waals surface area contributed by atoms with Crippen LogP contribution in [0.15, 0.2) is 33.9 Å². The third-order valence-corrected chi connectivity index (χ3v) is 5.99. The summed E-state index contributed by atoms with van der Waals surface area (Å²) in [6.07, 6.45) is 0.736. The van der Waals surface area contributed by atoms with E-state index in [1.165, 1.54) is 12.7 Å². The highest BCUT2D eigenvalue weighted by atomic mass is 16.7. The molecule has 1 aromatic rings. The summed E-state index contributed by atoms with van der Waals surface area (Å²) in [5, 5.41) is 22.6. The average molecular weight is 439 g/mol. The molecule has 1 heterocycles. The van der Waals surface area contributed by atoms with Crippen LogP contribution in [0.3, 0.4) is 0 Å². The first kappa shape index (κ1) is 22.0. The van der Waals surface area contributed by atoms with E-state index in [-0.39, 0.29) is 32.5 Å². The van der Waals surface area contributed by atoms with Gasteiger partial charge in [0, 0.05) is 43.5 Å². The van der Waals surface area contributed by atoms with Gasteiger partial charge in [-0.3, -0.25) is 20.4 Å². The van der Waals surface area contributed by atoms with Crippen molar-refractivity contribution in [3.63, 3.8) is 0 Å². The molecule has 0 unspecified atom stereocenters. The highest BCUT2D eigenvalue weighted by Crippen LogP contribution is 2.13. The van der Waals surface area contributed by atoms with Gasteiger partial charge in [0.15, 0.2) is 5.69 Å². The Hall–Kier alpha value is -3.18. The average Bonchev–Trinajstić information content (AvgIpc) is 2.80. The smallest absolute Gasteiger partial charge is 0.219 e. The van der Waals surface area contributed by atoms with Crippen molar-refractivity contribution in [3.05, 3.63) is 65.9 Å². The van der Waals surface area contributed by atoms with Crippen LogP contribution in [0.2, 0.25) is 0 Å². The number of nitrogens with two attached hydrogens (primary N) is 2. The molecule has 168 valence electrons. The number of hydrogen-bond donors (Lipinski definition) is 5. The number of anilines is 2. The Morgan fingerprint density at radius 1 is 1.09 bits per heavy atom. The third kappa shape index (κ3) is 3.78. The number of rotatable bonds is 7. The molecule has 32 heavy (non-hydrogen) atoms. The number of hydrogen-bond acceptors (Lipinski definition) is 9. The maximum Gasteiger partial charge on any atom is 0.219 e. The fourth-order valence-electron chi connectivity index (χ4n) is 4.40. The zero-order valence-electron chi connectivity index (χ0n) is 18.0. The molecular formula is C22H28N7O3+. The molecule has 1 fully saturated rings. The van der Waals surface area contributed by atoms with Crippen LogP contribution in [0.25, 0.3) is 10.8 Å². The van der Waals surface area contributed by atoms with Crippen LogP contribution in [-0.4, -0.2) is 51.3 Å². The number of quaternary nitrogens is 1. The molecule has 10 nitrogen and oxygen atoms in total. The van der Waals surface area contributed by atoms with Crippen LogP contribution >= 0.6 is 0 Å². The van der Waals surface area contributed by atoms with Crippen molar-refractivity contribution in [3.8, 4) is 0 Å². The molecule has 3 aliphatic rings. The van der Waals surface area contributed by atoms with Gasteiger partial charge in [0.25, 0.3) is 0 Å². The maximum atomic E-state index is 13.5. The number of fused-ring (bicyclic) bond motifs is 1. The standard InChI is InChI=1S/C22H27N7O3/c1-32-27-29(10-4-9-28-11-7-26-8-12-28)20-19(25)21(30)15-16(22(20)31)18(24)14-6-3-2-5-13(14)17(15)23/h2-3,5-6,23-24,26-27H,4,7-12,25H2,1H3/p+1. The van der Waals surface area contributed by atoms with Crippen LogP contribution in [0.5, 0.6) is 0 Å². The summed E-state index contributed by atoms with van der Waals surface area (Å²) < 4.78 is 0. The molecule has 0 saturated carbocycles. The Morgan fingerprint density at radius 2 is 1.69 bits per heavy atom. The molecule has 2 aliphatic carbocycles. The molecule has 7 N–H and O–H groups in total. The molecule has 0 atom stereocenters. The van der Waals surface area contributed by atoms with E-state index in [0.29, 0.717) is 17.3 Å². The van der Waals surface area contributed by atoms with E-state index < -0.39 is 10.9 Å². The molecular weight excluding hydrogens is 410 g/mol. The zero-order chi connectivity index (χ0) is 22.8. The van der Waals surface area contributed by atoms with E-state index in [0.717, 1.165) is 39.1 Å². The molecule has 0 bridgehead atoms. The normalized spacial score (nSPS) is 14.9. The minimum absolute atomic E-state index is 0.00726. The Labute approximate surface area is 183 Å². The molecule has 0 amide bonds. The minimum atomic E-state index is -0.601. The monoisotopic (exact) mass is 438 g/mol. The van der Waals surface area contributed by atoms with Crippen molar-refractivity contribution in [2.45, 2.75) is 6.42 Å². The second-order valence-electron chi connectivity index (χ2n) is 7.95. The predicted molar refractivity (Wildman–Crippen MR) is 120 cm³/mol. The minimum Gasteiger partial charge on any atom is -0.394 e. The van der Waals surface area contributed by atoms with Crippen molar-refractivity contribution in [1.82, 2.24) is 10.2 Å². The van der Waals surface area contributed by atoms with Gasteiger partial charge in [0.1, 0.15) is 5.69 Å². The fraction of sp³-hybridized carbons (Fsp3) is 0.364. The molecule has 4 rings (SSSR count). The molecule has 1 saturated heterocycles. The van der Waals surface area contributed by atoms with E-state index in [1.54, 1.807) is 29.3 Å². The van der Waals surface area contributed by atoms with Gasteiger partial charge in [-0.25, -0.2) is 0 Å². The lowest BCUT2D eigenvalue weighted by Gasteiger charge is -2.28. The summed E-state index contributed by atoms with van der Waals surface area (Å²) in [4.78, 5) is 34.2. The van der Waals surface area contributed by atoms with Crippen LogP contribution in [0, 0.1) is 21.3 Å². The number of piperazine rings is 1. The number of nitrogens with zero attached hydrogens (tertiary/aromatic N) is 2. The van der Waals surface area contributed by atoms with Gasteiger partial charge in [-0.15, -0.1) is 5.59 Å². The molecule has 0 aromatic heterocycles. The number of nitrogens with one attached hydrogen (secondary N) is 3. The summed E-state index contributed by atoms with van der Waals surface area (Å²) in [7, 11) is 1.47. The molecule has 0 spiro atoms. The predicted octanol–water partition coefficient (Wildman–Crippen LogP) is -2.16. The van der Waals surface area contributed by atoms with Gasteiger partial charge >= 0.3 is 0 Å². The first-order valence-corrected chi connectivity index (χ1v) is 10.6. The Bertz CT molecular complexity index is 1410. The number of nitrogen functional groups attached to an aromatic ring is 1. The first-order valence-electron chi connectivity index (χ1n) is 10.6. The van der Waals surface area contributed by atoms with E-state index in [1.807, 2.05) is 0 Å². The van der Waals surface area contributed by atoms with Gasteiger partial charge in [0.05, 0.1) is 34.8 Å². The van der Waals surface area contributed by atoms with Crippen LogP contribution in [-0.2, 0) is 4.84 Å². The lowest BCUT2D eigenvalue weighted by Crippen LogP contribution is -2.94. The van der Waals surface area contributed by atoms with Crippen molar-refractivity contribution < 1.29 is 10.4 Å². The third-order valence-electron chi connectivity index (χ3n) is 5.99. The molecule has 1 aromatic carbocycles. The summed E-state index contributed by atoms with van der Waals surface area (Å²) in [6, 6.07) is 6.83. The Kier molecular flexibility index (Phi) is 6.28.